The van der Waals surface area contributed by atoms with Gasteiger partial charge in [0.15, 0.2) is 11.5 Å². The predicted molar refractivity (Wildman–Crippen MR) is 178 cm³/mol. The van der Waals surface area contributed by atoms with E-state index in [1.54, 1.807) is 66.7 Å². The zero-order valence-corrected chi connectivity index (χ0v) is 26.0. The number of halogens is 3. The zero-order valence-electron chi connectivity index (χ0n) is 26.0. The van der Waals surface area contributed by atoms with Gasteiger partial charge in [0.2, 0.25) is 0 Å². The molecule has 0 aliphatic rings. The fourth-order valence-electron chi connectivity index (χ4n) is 4.08. The van der Waals surface area contributed by atoms with Crippen LogP contribution in [0, 0.1) is 11.8 Å². The first-order chi connectivity index (χ1) is 23.8. The third-order valence-electron chi connectivity index (χ3n) is 6.60. The van der Waals surface area contributed by atoms with Gasteiger partial charge >= 0.3 is 30.1 Å². The van der Waals surface area contributed by atoms with Crippen LogP contribution < -0.4 is 18.9 Å². The van der Waals surface area contributed by atoms with E-state index >= 15 is 0 Å². The quantitative estimate of drug-likeness (QED) is 0.0727. The Balaban J connectivity index is 1.60. The van der Waals surface area contributed by atoms with Crippen molar-refractivity contribution >= 4 is 23.9 Å². The molecule has 4 aromatic rings. The van der Waals surface area contributed by atoms with Crippen LogP contribution in [0.1, 0.15) is 11.1 Å². The SMILES string of the molecule is C=CC(=O)Oc1ccc(-c2ccc(C#Cc3ccc(-c4ccc(OC(=O)C=C)c(OC(=O)C(=C)C(F)(F)F)c4)cc3)c(OC(=O)C=C)c2)cc1. The Morgan fingerprint density at radius 3 is 1.60 bits per heavy atom. The van der Waals surface area contributed by atoms with Gasteiger partial charge in [-0.2, -0.15) is 13.2 Å². The average molecular weight is 679 g/mol. The maximum Gasteiger partial charge on any atom is 0.422 e. The number of benzene rings is 4. The fraction of sp³-hybridized carbons (Fsp3) is 0.0256. The molecular formula is C39H25F3O8. The fourth-order valence-corrected chi connectivity index (χ4v) is 4.08. The molecule has 50 heavy (non-hydrogen) atoms. The summed E-state index contributed by atoms with van der Waals surface area (Å²) in [5, 5.41) is 0. The predicted octanol–water partition coefficient (Wildman–Crippen LogP) is 7.72. The Morgan fingerprint density at radius 1 is 0.560 bits per heavy atom. The molecule has 4 aromatic carbocycles. The maximum absolute atomic E-state index is 13.0. The number of ether oxygens (including phenoxy) is 4. The zero-order chi connectivity index (χ0) is 36.4. The number of hydrogen-bond acceptors (Lipinski definition) is 8. The van der Waals surface area contributed by atoms with Gasteiger partial charge in [0.25, 0.3) is 0 Å². The lowest BCUT2D eigenvalue weighted by Gasteiger charge is -2.14. The van der Waals surface area contributed by atoms with Crippen molar-refractivity contribution < 1.29 is 51.3 Å². The van der Waals surface area contributed by atoms with Gasteiger partial charge in [-0.05, 0) is 70.8 Å². The summed E-state index contributed by atoms with van der Waals surface area (Å²) in [5.74, 6) is 1.72. The van der Waals surface area contributed by atoms with Crippen molar-refractivity contribution in [1.29, 1.82) is 0 Å². The molecule has 0 aliphatic carbocycles. The van der Waals surface area contributed by atoms with Crippen LogP contribution in [0.4, 0.5) is 13.2 Å². The van der Waals surface area contributed by atoms with Gasteiger partial charge in [0.05, 0.1) is 5.56 Å². The van der Waals surface area contributed by atoms with Crippen molar-refractivity contribution in [2.45, 2.75) is 6.18 Å². The summed E-state index contributed by atoms with van der Waals surface area (Å²) in [6.07, 6.45) is -2.13. The van der Waals surface area contributed by atoms with E-state index < -0.39 is 41.4 Å². The first-order valence-corrected chi connectivity index (χ1v) is 14.3. The van der Waals surface area contributed by atoms with E-state index in [-0.39, 0.29) is 11.5 Å². The minimum atomic E-state index is -5.03. The molecular weight excluding hydrogens is 653 g/mol. The minimum absolute atomic E-state index is 0.172. The second kappa shape index (κ2) is 15.8. The molecule has 0 saturated heterocycles. The first-order valence-electron chi connectivity index (χ1n) is 14.3. The summed E-state index contributed by atoms with van der Waals surface area (Å²) < 4.78 is 59.5. The van der Waals surface area contributed by atoms with Crippen LogP contribution in [-0.4, -0.2) is 30.1 Å². The summed E-state index contributed by atoms with van der Waals surface area (Å²) in [4.78, 5) is 47.4. The molecule has 0 heterocycles. The molecule has 11 heteroatoms. The number of alkyl halides is 3. The van der Waals surface area contributed by atoms with E-state index in [1.165, 1.54) is 18.2 Å². The lowest BCUT2D eigenvalue weighted by molar-refractivity contribution is -0.143. The topological polar surface area (TPSA) is 105 Å². The lowest BCUT2D eigenvalue weighted by Crippen LogP contribution is -2.23. The van der Waals surface area contributed by atoms with Gasteiger partial charge in [0.1, 0.15) is 17.1 Å². The molecule has 0 fully saturated rings. The molecule has 0 bridgehead atoms. The molecule has 0 aromatic heterocycles. The molecule has 0 saturated carbocycles. The largest absolute Gasteiger partial charge is 0.423 e. The van der Waals surface area contributed by atoms with Crippen LogP contribution in [-0.2, 0) is 19.2 Å². The Kier molecular flexibility index (Phi) is 11.3. The van der Waals surface area contributed by atoms with Crippen LogP contribution in [0.2, 0.25) is 0 Å². The first kappa shape index (κ1) is 35.9. The highest BCUT2D eigenvalue weighted by Gasteiger charge is 2.38. The van der Waals surface area contributed by atoms with E-state index in [1.807, 2.05) is 0 Å². The van der Waals surface area contributed by atoms with E-state index in [0.29, 0.717) is 33.6 Å². The normalized spacial score (nSPS) is 10.4. The number of rotatable bonds is 10. The standard InChI is InChI=1S/C39H25F3O8/c1-5-35(43)47-31-19-16-27(17-20-31)29-15-14-28(33(22-29)49-37(45)7-3)13-10-25-8-11-26(12-9-25)30-18-21-32(48-36(44)6-2)34(23-30)50-38(46)24(4)39(40,41)42/h5-9,11-12,14-23H,1-4H2. The number of carbonyl (C=O) groups is 4. The number of hydrogen-bond donors (Lipinski definition) is 0. The van der Waals surface area contributed by atoms with E-state index in [4.69, 9.17) is 18.9 Å². The van der Waals surface area contributed by atoms with Crippen molar-refractivity contribution in [3.63, 3.8) is 0 Å². The molecule has 0 unspecified atom stereocenters. The highest BCUT2D eigenvalue weighted by Crippen LogP contribution is 2.35. The summed E-state index contributed by atoms with van der Waals surface area (Å²) in [6.45, 7) is 12.8. The van der Waals surface area contributed by atoms with Crippen LogP contribution in [0.25, 0.3) is 22.3 Å². The second-order valence-electron chi connectivity index (χ2n) is 9.97. The molecule has 0 spiro atoms. The van der Waals surface area contributed by atoms with Gasteiger partial charge in [-0.1, -0.05) is 74.6 Å². The summed E-state index contributed by atoms with van der Waals surface area (Å²) in [6, 6.07) is 22.4. The van der Waals surface area contributed by atoms with Gasteiger partial charge < -0.3 is 18.9 Å². The molecule has 0 N–H and O–H groups in total. The van der Waals surface area contributed by atoms with Crippen molar-refractivity contribution in [1.82, 2.24) is 0 Å². The van der Waals surface area contributed by atoms with Crippen LogP contribution in [0.15, 0.2) is 135 Å². The average Bonchev–Trinajstić information content (AvgIpc) is 3.11. The van der Waals surface area contributed by atoms with Crippen molar-refractivity contribution in [3.8, 4) is 57.1 Å². The van der Waals surface area contributed by atoms with Gasteiger partial charge in [-0.3, -0.25) is 0 Å². The maximum atomic E-state index is 13.0. The summed E-state index contributed by atoms with van der Waals surface area (Å²) in [7, 11) is 0. The molecule has 0 amide bonds. The molecule has 0 atom stereocenters. The third-order valence-corrected chi connectivity index (χ3v) is 6.60. The van der Waals surface area contributed by atoms with Crippen molar-refractivity contribution in [3.05, 3.63) is 146 Å². The highest BCUT2D eigenvalue weighted by molar-refractivity contribution is 5.92. The highest BCUT2D eigenvalue weighted by atomic mass is 19.4. The van der Waals surface area contributed by atoms with Crippen molar-refractivity contribution in [2.75, 3.05) is 0 Å². The monoisotopic (exact) mass is 678 g/mol. The molecule has 250 valence electrons. The van der Waals surface area contributed by atoms with Crippen LogP contribution >= 0.6 is 0 Å². The molecule has 0 radical (unpaired) electrons. The Morgan fingerprint density at radius 2 is 1.04 bits per heavy atom. The van der Waals surface area contributed by atoms with Crippen LogP contribution in [0.3, 0.4) is 0 Å². The molecule has 4 rings (SSSR count). The van der Waals surface area contributed by atoms with E-state index in [0.717, 1.165) is 23.8 Å². The van der Waals surface area contributed by atoms with E-state index in [2.05, 4.69) is 38.2 Å². The van der Waals surface area contributed by atoms with Crippen LogP contribution in [0.5, 0.6) is 23.0 Å². The Labute approximate surface area is 284 Å². The van der Waals surface area contributed by atoms with Gasteiger partial charge in [-0.25, -0.2) is 19.2 Å². The Bertz CT molecular complexity index is 2080. The second-order valence-corrected chi connectivity index (χ2v) is 9.97. The lowest BCUT2D eigenvalue weighted by atomic mass is 10.0. The summed E-state index contributed by atoms with van der Waals surface area (Å²) >= 11 is 0. The van der Waals surface area contributed by atoms with E-state index in [9.17, 15) is 32.3 Å². The van der Waals surface area contributed by atoms with Crippen molar-refractivity contribution in [2.24, 2.45) is 0 Å². The molecule has 8 nitrogen and oxygen atoms in total. The van der Waals surface area contributed by atoms with Gasteiger partial charge in [-0.15, -0.1) is 0 Å². The van der Waals surface area contributed by atoms with Gasteiger partial charge in [0, 0.05) is 23.8 Å². The third kappa shape index (κ3) is 9.33. The smallest absolute Gasteiger partial charge is 0.422 e. The minimum Gasteiger partial charge on any atom is -0.423 e. The number of carbonyl (C=O) groups excluding carboxylic acids is 4. The Hall–Kier alpha value is -6.93. The summed E-state index contributed by atoms with van der Waals surface area (Å²) in [5.41, 5.74) is 1.58. The number of esters is 4. The molecule has 0 aliphatic heterocycles.